The van der Waals surface area contributed by atoms with Crippen molar-refractivity contribution in [2.75, 3.05) is 40.9 Å². The SMILES string of the molecule is CC/C=C\C/C=C\C/C=C\C/C=C\CCCCC(=O)NC(COP(=O)([O-])OCC[N+](C)(C)C)C(O)CCCCCCCCCCCCCCCCCCCCCC. The van der Waals surface area contributed by atoms with E-state index in [9.17, 15) is 19.4 Å². The molecule has 3 unspecified atom stereocenters. The summed E-state index contributed by atoms with van der Waals surface area (Å²) in [6, 6.07) is -0.823. The van der Waals surface area contributed by atoms with Gasteiger partial charge < -0.3 is 28.8 Å². The van der Waals surface area contributed by atoms with Gasteiger partial charge in [0.25, 0.3) is 7.82 Å². The molecule has 57 heavy (non-hydrogen) atoms. The Kier molecular flexibility index (Phi) is 38.8. The van der Waals surface area contributed by atoms with E-state index in [-0.39, 0.29) is 19.1 Å². The molecule has 9 heteroatoms. The van der Waals surface area contributed by atoms with Crippen LogP contribution in [0.15, 0.2) is 48.6 Å². The van der Waals surface area contributed by atoms with E-state index in [2.05, 4.69) is 67.8 Å². The molecule has 1 amide bonds. The second-order valence-electron chi connectivity index (χ2n) is 17.1. The fourth-order valence-corrected chi connectivity index (χ4v) is 7.34. The largest absolute Gasteiger partial charge is 0.756 e. The second kappa shape index (κ2) is 39.9. The third-order valence-electron chi connectivity index (χ3n) is 10.3. The molecule has 0 aliphatic heterocycles. The third-order valence-corrected chi connectivity index (χ3v) is 11.3. The minimum atomic E-state index is -4.58. The predicted molar refractivity (Wildman–Crippen MR) is 242 cm³/mol. The lowest BCUT2D eigenvalue weighted by Gasteiger charge is -2.30. The van der Waals surface area contributed by atoms with E-state index >= 15 is 0 Å². The Morgan fingerprint density at radius 1 is 0.632 bits per heavy atom. The zero-order chi connectivity index (χ0) is 42.1. The molecule has 0 bridgehead atoms. The van der Waals surface area contributed by atoms with Crippen LogP contribution < -0.4 is 10.2 Å². The van der Waals surface area contributed by atoms with Crippen molar-refractivity contribution in [2.45, 2.75) is 212 Å². The van der Waals surface area contributed by atoms with Crippen molar-refractivity contribution in [1.82, 2.24) is 5.32 Å². The number of allylic oxidation sites excluding steroid dienone is 8. The Hall–Kier alpha value is -1.54. The van der Waals surface area contributed by atoms with Crippen LogP contribution >= 0.6 is 7.82 Å². The molecule has 2 N–H and O–H groups in total. The molecule has 0 saturated heterocycles. The van der Waals surface area contributed by atoms with Gasteiger partial charge >= 0.3 is 0 Å². The number of rotatable bonds is 42. The van der Waals surface area contributed by atoms with Gasteiger partial charge in [-0.2, -0.15) is 0 Å². The van der Waals surface area contributed by atoms with E-state index in [1.807, 2.05) is 21.1 Å². The highest BCUT2D eigenvalue weighted by Crippen LogP contribution is 2.38. The van der Waals surface area contributed by atoms with Crippen molar-refractivity contribution in [2.24, 2.45) is 0 Å². The highest BCUT2D eigenvalue weighted by atomic mass is 31.2. The van der Waals surface area contributed by atoms with Crippen LogP contribution in [-0.2, 0) is 18.4 Å². The number of carbonyl (C=O) groups is 1. The van der Waals surface area contributed by atoms with E-state index in [0.29, 0.717) is 30.3 Å². The Morgan fingerprint density at radius 3 is 1.53 bits per heavy atom. The highest BCUT2D eigenvalue weighted by Gasteiger charge is 2.24. The van der Waals surface area contributed by atoms with Gasteiger partial charge in [0.1, 0.15) is 13.2 Å². The fraction of sp³-hybridized carbons (Fsp3) is 0.812. The lowest BCUT2D eigenvalue weighted by molar-refractivity contribution is -0.870. The summed E-state index contributed by atoms with van der Waals surface area (Å²) in [7, 11) is 1.27. The van der Waals surface area contributed by atoms with Crippen molar-refractivity contribution in [3.8, 4) is 0 Å². The topological polar surface area (TPSA) is 108 Å². The molecule has 0 aromatic carbocycles. The number of phosphoric ester groups is 1. The number of hydrogen-bond acceptors (Lipinski definition) is 6. The molecule has 0 spiro atoms. The van der Waals surface area contributed by atoms with Gasteiger partial charge in [-0.15, -0.1) is 0 Å². The summed E-state index contributed by atoms with van der Waals surface area (Å²) >= 11 is 0. The Morgan fingerprint density at radius 2 is 1.07 bits per heavy atom. The number of aliphatic hydroxyl groups excluding tert-OH is 1. The average molecular weight is 823 g/mol. The monoisotopic (exact) mass is 823 g/mol. The summed E-state index contributed by atoms with van der Waals surface area (Å²) in [5, 5.41) is 13.9. The Balaban J connectivity index is 4.36. The van der Waals surface area contributed by atoms with Gasteiger partial charge in [-0.3, -0.25) is 9.36 Å². The Labute approximate surface area is 352 Å². The molecule has 0 aliphatic carbocycles. The molecule has 0 saturated carbocycles. The maximum absolute atomic E-state index is 12.9. The molecule has 8 nitrogen and oxygen atoms in total. The third kappa shape index (κ3) is 42.4. The normalized spacial score (nSPS) is 14.7. The van der Waals surface area contributed by atoms with Gasteiger partial charge in [-0.25, -0.2) is 0 Å². The first-order valence-corrected chi connectivity index (χ1v) is 24.9. The summed E-state index contributed by atoms with van der Waals surface area (Å²) in [5.41, 5.74) is 0. The van der Waals surface area contributed by atoms with Gasteiger partial charge in [0.15, 0.2) is 0 Å². The molecule has 0 heterocycles. The number of hydrogen-bond donors (Lipinski definition) is 2. The van der Waals surface area contributed by atoms with Crippen LogP contribution in [0.2, 0.25) is 0 Å². The number of amides is 1. The smallest absolute Gasteiger partial charge is 0.268 e. The standard InChI is InChI=1S/C48H91N2O6P/c1-6-8-10-12-14-16-18-20-22-23-24-25-26-28-29-31-33-35-37-39-41-47(51)46(45-56-57(53,54)55-44-43-50(3,4)5)49-48(52)42-40-38-36-34-32-30-27-21-19-17-15-13-11-9-7-2/h9,11,15,17,21,27,32,34,46-47,51H,6-8,10,12-14,16,18-20,22-26,28-31,33,35-45H2,1-5H3,(H-,49,52,53,54)/b11-9-,17-15-,27-21-,34-32-. The molecule has 0 rings (SSSR count). The zero-order valence-electron chi connectivity index (χ0n) is 37.8. The van der Waals surface area contributed by atoms with Crippen molar-refractivity contribution in [3.63, 3.8) is 0 Å². The minimum Gasteiger partial charge on any atom is -0.756 e. The van der Waals surface area contributed by atoms with Crippen molar-refractivity contribution >= 4 is 13.7 Å². The predicted octanol–water partition coefficient (Wildman–Crippen LogP) is 12.6. The number of nitrogens with zero attached hydrogens (tertiary/aromatic N) is 1. The van der Waals surface area contributed by atoms with Crippen LogP contribution in [0.4, 0.5) is 0 Å². The molecule has 3 atom stereocenters. The number of nitrogens with one attached hydrogen (secondary N) is 1. The van der Waals surface area contributed by atoms with Crippen molar-refractivity contribution in [3.05, 3.63) is 48.6 Å². The van der Waals surface area contributed by atoms with Gasteiger partial charge in [-0.1, -0.05) is 191 Å². The van der Waals surface area contributed by atoms with Crippen molar-refractivity contribution < 1.29 is 32.9 Å². The lowest BCUT2D eigenvalue weighted by Crippen LogP contribution is -2.46. The number of carbonyl (C=O) groups excluding carboxylic acids is 1. The van der Waals surface area contributed by atoms with Crippen LogP contribution in [0.1, 0.15) is 200 Å². The molecular formula is C48H91N2O6P. The highest BCUT2D eigenvalue weighted by molar-refractivity contribution is 7.45. The second-order valence-corrected chi connectivity index (χ2v) is 18.5. The van der Waals surface area contributed by atoms with E-state index in [1.165, 1.54) is 109 Å². The molecule has 0 aromatic heterocycles. The van der Waals surface area contributed by atoms with Crippen LogP contribution in [0.25, 0.3) is 0 Å². The maximum Gasteiger partial charge on any atom is 0.268 e. The average Bonchev–Trinajstić information content (AvgIpc) is 3.16. The molecule has 0 aliphatic rings. The molecule has 0 aromatic rings. The number of unbranched alkanes of at least 4 members (excludes halogenated alkanes) is 21. The number of aliphatic hydroxyl groups is 1. The van der Waals surface area contributed by atoms with E-state index < -0.39 is 20.0 Å². The number of phosphoric acid groups is 1. The summed E-state index contributed by atoms with van der Waals surface area (Å²) in [5.74, 6) is -0.206. The van der Waals surface area contributed by atoms with Gasteiger partial charge in [0.05, 0.1) is 39.9 Å². The van der Waals surface area contributed by atoms with Gasteiger partial charge in [-0.05, 0) is 51.4 Å². The first-order chi connectivity index (χ1) is 27.5. The van der Waals surface area contributed by atoms with Crippen LogP contribution in [0.5, 0.6) is 0 Å². The first kappa shape index (κ1) is 55.5. The molecule has 334 valence electrons. The fourth-order valence-electron chi connectivity index (χ4n) is 6.62. The lowest BCUT2D eigenvalue weighted by atomic mass is 10.0. The van der Waals surface area contributed by atoms with Crippen LogP contribution in [0.3, 0.4) is 0 Å². The van der Waals surface area contributed by atoms with Crippen LogP contribution in [0, 0.1) is 0 Å². The number of likely N-dealkylation sites (N-methyl/N-ethyl adjacent to an activating group) is 1. The summed E-state index contributed by atoms with van der Waals surface area (Å²) < 4.78 is 23.3. The quantitative estimate of drug-likeness (QED) is 0.0275. The van der Waals surface area contributed by atoms with E-state index in [0.717, 1.165) is 57.8 Å². The number of quaternary nitrogens is 1. The molecule has 0 radical (unpaired) electrons. The van der Waals surface area contributed by atoms with Crippen molar-refractivity contribution in [1.29, 1.82) is 0 Å². The first-order valence-electron chi connectivity index (χ1n) is 23.5. The Bertz CT molecular complexity index is 1070. The summed E-state index contributed by atoms with van der Waals surface area (Å²) in [6.45, 7) is 4.57. The van der Waals surface area contributed by atoms with E-state index in [4.69, 9.17) is 9.05 Å². The van der Waals surface area contributed by atoms with Gasteiger partial charge in [0.2, 0.25) is 5.91 Å². The van der Waals surface area contributed by atoms with E-state index in [1.54, 1.807) is 0 Å². The molecular weight excluding hydrogens is 732 g/mol. The zero-order valence-corrected chi connectivity index (χ0v) is 38.7. The molecule has 0 fully saturated rings. The van der Waals surface area contributed by atoms with Gasteiger partial charge in [0, 0.05) is 6.42 Å². The maximum atomic E-state index is 12.9. The summed E-state index contributed by atoms with van der Waals surface area (Å²) in [6.07, 6.45) is 49.8. The summed E-state index contributed by atoms with van der Waals surface area (Å²) in [4.78, 5) is 25.3. The minimum absolute atomic E-state index is 0.00251. The van der Waals surface area contributed by atoms with Crippen LogP contribution in [-0.4, -0.2) is 68.5 Å².